The Balaban J connectivity index is 1.90. The molecule has 7 heteroatoms. The van der Waals surface area contributed by atoms with Gasteiger partial charge in [0.15, 0.2) is 0 Å². The predicted molar refractivity (Wildman–Crippen MR) is 90.0 cm³/mol. The van der Waals surface area contributed by atoms with Gasteiger partial charge in [-0.2, -0.15) is 0 Å². The Morgan fingerprint density at radius 2 is 1.88 bits per heavy atom. The molecule has 0 aliphatic heterocycles. The summed E-state index contributed by atoms with van der Waals surface area (Å²) in [6.45, 7) is -0.474. The van der Waals surface area contributed by atoms with Crippen LogP contribution >= 0.6 is 0 Å². The first-order chi connectivity index (χ1) is 12.4. The Bertz CT molecular complexity index is 865. The number of rotatable bonds is 6. The van der Waals surface area contributed by atoms with Gasteiger partial charge in [0.25, 0.3) is 5.91 Å². The fourth-order valence-corrected chi connectivity index (χ4v) is 2.77. The van der Waals surface area contributed by atoms with E-state index in [0.717, 1.165) is 11.0 Å². The topological polar surface area (TPSA) is 66.8 Å². The van der Waals surface area contributed by atoms with Gasteiger partial charge in [0.05, 0.1) is 12.7 Å². The lowest BCUT2D eigenvalue weighted by Crippen LogP contribution is -2.37. The van der Waals surface area contributed by atoms with Crippen LogP contribution in [0.2, 0.25) is 0 Å². The first-order valence-corrected chi connectivity index (χ1v) is 8.07. The van der Waals surface area contributed by atoms with Gasteiger partial charge in [-0.1, -0.05) is 6.07 Å². The van der Waals surface area contributed by atoms with E-state index in [4.69, 9.17) is 9.84 Å². The summed E-state index contributed by atoms with van der Waals surface area (Å²) in [6, 6.07) is 7.80. The Morgan fingerprint density at radius 1 is 1.15 bits per heavy atom. The van der Waals surface area contributed by atoms with Gasteiger partial charge in [0.1, 0.15) is 23.9 Å². The van der Waals surface area contributed by atoms with Gasteiger partial charge >= 0.3 is 5.97 Å². The number of hydrogen-bond donors (Lipinski definition) is 1. The maximum Gasteiger partial charge on any atom is 0.323 e. The molecular weight excluding hydrogens is 344 g/mol. The van der Waals surface area contributed by atoms with Gasteiger partial charge in [0.2, 0.25) is 0 Å². The van der Waals surface area contributed by atoms with Crippen molar-refractivity contribution in [2.24, 2.45) is 0 Å². The van der Waals surface area contributed by atoms with E-state index in [9.17, 15) is 18.4 Å². The molecule has 0 radical (unpaired) electrons. The number of carboxylic acids is 1. The second-order valence-corrected chi connectivity index (χ2v) is 6.10. The van der Waals surface area contributed by atoms with Crippen LogP contribution in [-0.4, -0.2) is 41.6 Å². The van der Waals surface area contributed by atoms with Crippen LogP contribution in [0, 0.1) is 11.6 Å². The molecule has 1 aliphatic carbocycles. The van der Waals surface area contributed by atoms with Gasteiger partial charge in [0, 0.05) is 17.7 Å². The van der Waals surface area contributed by atoms with Crippen LogP contribution in [0.25, 0.3) is 11.1 Å². The zero-order valence-electron chi connectivity index (χ0n) is 14.0. The predicted octanol–water partition coefficient (Wildman–Crippen LogP) is 3.33. The molecule has 1 N–H and O–H groups in total. The fraction of sp³-hybridized carbons (Fsp3) is 0.263. The third-order valence-electron chi connectivity index (χ3n) is 4.24. The number of aliphatic carboxylic acids is 1. The van der Waals surface area contributed by atoms with Crippen LogP contribution in [0.3, 0.4) is 0 Å². The van der Waals surface area contributed by atoms with Crippen molar-refractivity contribution in [2.75, 3.05) is 13.7 Å². The van der Waals surface area contributed by atoms with Gasteiger partial charge < -0.3 is 14.7 Å². The minimum Gasteiger partial charge on any atom is -0.497 e. The third kappa shape index (κ3) is 3.66. The van der Waals surface area contributed by atoms with Crippen molar-refractivity contribution < 1.29 is 28.2 Å². The highest BCUT2D eigenvalue weighted by atomic mass is 19.1. The monoisotopic (exact) mass is 361 g/mol. The number of halogens is 2. The summed E-state index contributed by atoms with van der Waals surface area (Å²) >= 11 is 0. The number of carbonyl (C=O) groups excluding carboxylic acids is 1. The minimum absolute atomic E-state index is 0.170. The first-order valence-electron chi connectivity index (χ1n) is 8.07. The maximum absolute atomic E-state index is 14.5. The van der Waals surface area contributed by atoms with Crippen LogP contribution in [0.4, 0.5) is 8.78 Å². The van der Waals surface area contributed by atoms with E-state index >= 15 is 0 Å². The first kappa shape index (κ1) is 17.8. The van der Waals surface area contributed by atoms with Crippen molar-refractivity contribution in [3.8, 4) is 16.9 Å². The molecule has 2 aromatic carbocycles. The van der Waals surface area contributed by atoms with Gasteiger partial charge in [-0.05, 0) is 42.7 Å². The zero-order valence-corrected chi connectivity index (χ0v) is 14.0. The maximum atomic E-state index is 14.5. The molecule has 0 spiro atoms. The average molecular weight is 361 g/mol. The molecule has 5 nitrogen and oxygen atoms in total. The van der Waals surface area contributed by atoms with Crippen molar-refractivity contribution in [1.82, 2.24) is 4.90 Å². The van der Waals surface area contributed by atoms with Crippen molar-refractivity contribution in [3.63, 3.8) is 0 Å². The number of ether oxygens (including phenoxy) is 1. The smallest absolute Gasteiger partial charge is 0.323 e. The van der Waals surface area contributed by atoms with Crippen molar-refractivity contribution in [2.45, 2.75) is 18.9 Å². The molecular formula is C19H17F2NO4. The summed E-state index contributed by atoms with van der Waals surface area (Å²) in [7, 11) is 1.41. The van der Waals surface area contributed by atoms with Crippen LogP contribution < -0.4 is 4.74 Å². The van der Waals surface area contributed by atoms with Crippen molar-refractivity contribution in [3.05, 3.63) is 53.6 Å². The summed E-state index contributed by atoms with van der Waals surface area (Å²) in [4.78, 5) is 24.6. The number of nitrogens with zero attached hydrogens (tertiary/aromatic N) is 1. The van der Waals surface area contributed by atoms with E-state index in [1.54, 1.807) is 6.07 Å². The molecule has 1 amide bonds. The van der Waals surface area contributed by atoms with Gasteiger partial charge in [-0.3, -0.25) is 9.59 Å². The van der Waals surface area contributed by atoms with Crippen molar-refractivity contribution in [1.29, 1.82) is 0 Å². The minimum atomic E-state index is -1.15. The standard InChI is InChI=1S/C19H17F2NO4/c1-26-13-5-7-14(17(21)9-13)11-2-6-15(16(20)8-11)19(25)22(10-18(23)24)12-3-4-12/h2,5-9,12H,3-4,10H2,1H3,(H,23,24). The van der Waals surface area contributed by atoms with E-state index in [1.807, 2.05) is 0 Å². The molecule has 26 heavy (non-hydrogen) atoms. The lowest BCUT2D eigenvalue weighted by Gasteiger charge is -2.20. The highest BCUT2D eigenvalue weighted by molar-refractivity contribution is 5.97. The molecule has 1 saturated carbocycles. The van der Waals surface area contributed by atoms with E-state index in [1.165, 1.54) is 31.4 Å². The second kappa shape index (κ2) is 7.11. The molecule has 3 rings (SSSR count). The number of hydrogen-bond acceptors (Lipinski definition) is 3. The fourth-order valence-electron chi connectivity index (χ4n) is 2.77. The van der Waals surface area contributed by atoms with Gasteiger partial charge in [-0.25, -0.2) is 8.78 Å². The lowest BCUT2D eigenvalue weighted by molar-refractivity contribution is -0.137. The van der Waals surface area contributed by atoms with E-state index in [2.05, 4.69) is 0 Å². The quantitative estimate of drug-likeness (QED) is 0.857. The Labute approximate surface area is 148 Å². The lowest BCUT2D eigenvalue weighted by atomic mass is 10.0. The summed E-state index contributed by atoms with van der Waals surface area (Å²) < 4.78 is 33.6. The summed E-state index contributed by atoms with van der Waals surface area (Å²) in [6.07, 6.45) is 1.41. The van der Waals surface area contributed by atoms with Crippen LogP contribution in [0.5, 0.6) is 5.75 Å². The van der Waals surface area contributed by atoms with Crippen LogP contribution in [-0.2, 0) is 4.79 Å². The van der Waals surface area contributed by atoms with E-state index < -0.39 is 30.1 Å². The molecule has 136 valence electrons. The SMILES string of the molecule is COc1ccc(-c2ccc(C(=O)N(CC(=O)O)C3CC3)c(F)c2)c(F)c1. The molecule has 2 aromatic rings. The van der Waals surface area contributed by atoms with Crippen molar-refractivity contribution >= 4 is 11.9 Å². The molecule has 1 aliphatic rings. The normalized spacial score (nSPS) is 13.3. The third-order valence-corrected chi connectivity index (χ3v) is 4.24. The zero-order chi connectivity index (χ0) is 18.8. The average Bonchev–Trinajstić information content (AvgIpc) is 3.43. The molecule has 0 aromatic heterocycles. The second-order valence-electron chi connectivity index (χ2n) is 6.10. The molecule has 0 atom stereocenters. The van der Waals surface area contributed by atoms with Gasteiger partial charge in [-0.15, -0.1) is 0 Å². The van der Waals surface area contributed by atoms with E-state index in [0.29, 0.717) is 18.6 Å². The van der Waals surface area contributed by atoms with E-state index in [-0.39, 0.29) is 22.7 Å². The molecule has 0 unspecified atom stereocenters. The number of amides is 1. The Morgan fingerprint density at radius 3 is 2.42 bits per heavy atom. The molecule has 0 saturated heterocycles. The number of carboxylic acid groups (broad SMARTS) is 1. The highest BCUT2D eigenvalue weighted by Gasteiger charge is 2.35. The molecule has 0 bridgehead atoms. The van der Waals surface area contributed by atoms with Crippen LogP contribution in [0.15, 0.2) is 36.4 Å². The molecule has 1 fully saturated rings. The molecule has 0 heterocycles. The highest BCUT2D eigenvalue weighted by Crippen LogP contribution is 2.31. The summed E-state index contributed by atoms with van der Waals surface area (Å²) in [5, 5.41) is 8.95. The Kier molecular flexibility index (Phi) is 4.88. The summed E-state index contributed by atoms with van der Waals surface area (Å²) in [5.74, 6) is -2.88. The Hall–Kier alpha value is -2.96. The van der Waals surface area contributed by atoms with Crippen LogP contribution in [0.1, 0.15) is 23.2 Å². The largest absolute Gasteiger partial charge is 0.497 e. The summed E-state index contributed by atoms with van der Waals surface area (Å²) in [5.41, 5.74) is 0.222. The number of benzene rings is 2. The number of carbonyl (C=O) groups is 2. The number of methoxy groups -OCH3 is 1.